The molecule has 0 fully saturated rings. The topological polar surface area (TPSA) is 56.0 Å². The van der Waals surface area contributed by atoms with Gasteiger partial charge < -0.3 is 4.42 Å². The molecule has 0 bridgehead atoms. The summed E-state index contributed by atoms with van der Waals surface area (Å²) in [5.74, 6) is 2.17. The first-order chi connectivity index (χ1) is 8.04. The van der Waals surface area contributed by atoms with Crippen LogP contribution in [-0.2, 0) is 22.3 Å². The lowest BCUT2D eigenvalue weighted by molar-refractivity contribution is 0.487. The van der Waals surface area contributed by atoms with E-state index in [0.717, 1.165) is 21.3 Å². The van der Waals surface area contributed by atoms with Crippen LogP contribution in [0.4, 0.5) is 0 Å². The maximum Gasteiger partial charge on any atom is 0.207 e. The number of nitrogens with zero attached hydrogens (tertiary/aromatic N) is 2. The molecule has 92 valence electrons. The molecule has 0 radical (unpaired) electrons. The maximum atomic E-state index is 11.9. The largest absolute Gasteiger partial charge is 0.445 e. The van der Waals surface area contributed by atoms with Gasteiger partial charge in [0.05, 0.1) is 11.4 Å². The van der Waals surface area contributed by atoms with E-state index in [1.54, 1.807) is 17.5 Å². The molecule has 1 unspecified atom stereocenters. The van der Waals surface area contributed by atoms with Gasteiger partial charge in [0.25, 0.3) is 0 Å². The third-order valence-electron chi connectivity index (χ3n) is 2.31. The lowest BCUT2D eigenvalue weighted by Gasteiger charge is -1.95. The van der Waals surface area contributed by atoms with E-state index in [1.165, 1.54) is 0 Å². The Balaban J connectivity index is 1.97. The van der Waals surface area contributed by atoms with Gasteiger partial charge in [-0.05, 0) is 20.8 Å². The van der Waals surface area contributed by atoms with Crippen LogP contribution >= 0.6 is 11.3 Å². The monoisotopic (exact) mass is 270 g/mol. The normalized spacial score (nSPS) is 12.9. The molecule has 4 nitrogen and oxygen atoms in total. The van der Waals surface area contributed by atoms with Gasteiger partial charge >= 0.3 is 0 Å². The molecule has 0 saturated heterocycles. The van der Waals surface area contributed by atoms with Gasteiger partial charge in [0.2, 0.25) is 5.89 Å². The van der Waals surface area contributed by atoms with E-state index in [0.29, 0.717) is 17.4 Å². The van der Waals surface area contributed by atoms with Gasteiger partial charge in [-0.25, -0.2) is 9.97 Å². The highest BCUT2D eigenvalue weighted by molar-refractivity contribution is 7.83. The van der Waals surface area contributed by atoms with Crippen LogP contribution in [0.15, 0.2) is 10.6 Å². The Morgan fingerprint density at radius 1 is 1.35 bits per heavy atom. The summed E-state index contributed by atoms with van der Waals surface area (Å²) >= 11 is 1.58. The molecule has 0 aromatic carbocycles. The lowest BCUT2D eigenvalue weighted by atomic mass is 10.4. The van der Waals surface area contributed by atoms with Crippen molar-refractivity contribution in [3.8, 4) is 0 Å². The Morgan fingerprint density at radius 3 is 2.65 bits per heavy atom. The molecule has 6 heteroatoms. The highest BCUT2D eigenvalue weighted by Crippen LogP contribution is 2.16. The quantitative estimate of drug-likeness (QED) is 0.856. The summed E-state index contributed by atoms with van der Waals surface area (Å²) in [5, 5.41) is 0.904. The van der Waals surface area contributed by atoms with Crippen LogP contribution in [0.25, 0.3) is 0 Å². The number of rotatable bonds is 4. The summed E-state index contributed by atoms with van der Waals surface area (Å²) < 4.78 is 17.3. The zero-order chi connectivity index (χ0) is 12.4. The van der Waals surface area contributed by atoms with E-state index in [9.17, 15) is 4.21 Å². The van der Waals surface area contributed by atoms with Crippen molar-refractivity contribution in [2.24, 2.45) is 0 Å². The second kappa shape index (κ2) is 5.10. The van der Waals surface area contributed by atoms with E-state index in [4.69, 9.17) is 4.42 Å². The average Bonchev–Trinajstić information content (AvgIpc) is 2.75. The summed E-state index contributed by atoms with van der Waals surface area (Å²) in [7, 11) is -1.01. The van der Waals surface area contributed by atoms with Gasteiger partial charge in [0.1, 0.15) is 16.5 Å². The van der Waals surface area contributed by atoms with Gasteiger partial charge in [-0.1, -0.05) is 0 Å². The van der Waals surface area contributed by atoms with Crippen molar-refractivity contribution in [2.45, 2.75) is 32.3 Å². The number of hydrogen-bond donors (Lipinski definition) is 0. The number of aromatic nitrogens is 2. The van der Waals surface area contributed by atoms with Crippen molar-refractivity contribution < 1.29 is 8.63 Å². The van der Waals surface area contributed by atoms with Gasteiger partial charge in [0.15, 0.2) is 0 Å². The fourth-order valence-corrected chi connectivity index (χ4v) is 3.46. The summed E-state index contributed by atoms with van der Waals surface area (Å²) in [6.45, 7) is 5.74. The van der Waals surface area contributed by atoms with Crippen LogP contribution in [-0.4, -0.2) is 14.2 Å². The molecular formula is C11H14N2O2S2. The van der Waals surface area contributed by atoms with Gasteiger partial charge in [-0.15, -0.1) is 11.3 Å². The van der Waals surface area contributed by atoms with Crippen LogP contribution in [0.5, 0.6) is 0 Å². The molecular weight excluding hydrogens is 256 g/mol. The molecule has 0 N–H and O–H groups in total. The van der Waals surface area contributed by atoms with Gasteiger partial charge in [0, 0.05) is 21.9 Å². The molecule has 0 aliphatic carbocycles. The number of hydrogen-bond acceptors (Lipinski definition) is 5. The van der Waals surface area contributed by atoms with Crippen molar-refractivity contribution in [3.05, 3.63) is 33.4 Å². The standard InChI is InChI=1S/C11H14N2O2S2/c1-7-4-12-11(16-7)6-17(14)5-10-13-8(2)9(3)15-10/h4H,5-6H2,1-3H3. The van der Waals surface area contributed by atoms with Gasteiger partial charge in [-0.2, -0.15) is 0 Å². The van der Waals surface area contributed by atoms with Crippen LogP contribution in [0.2, 0.25) is 0 Å². The van der Waals surface area contributed by atoms with Crippen molar-refractivity contribution in [2.75, 3.05) is 0 Å². The molecule has 2 aromatic heterocycles. The van der Waals surface area contributed by atoms with Crippen molar-refractivity contribution in [1.29, 1.82) is 0 Å². The first-order valence-corrected chi connectivity index (χ1v) is 7.54. The second-order valence-corrected chi connectivity index (χ2v) is 6.62. The zero-order valence-corrected chi connectivity index (χ0v) is 11.7. The fourth-order valence-electron chi connectivity index (χ4n) is 1.40. The van der Waals surface area contributed by atoms with Crippen molar-refractivity contribution >= 4 is 22.1 Å². The smallest absolute Gasteiger partial charge is 0.207 e. The predicted molar refractivity (Wildman–Crippen MR) is 68.4 cm³/mol. The first kappa shape index (κ1) is 12.4. The SMILES string of the molecule is Cc1cnc(CS(=O)Cc2nc(C)c(C)o2)s1. The molecule has 0 amide bonds. The van der Waals surface area contributed by atoms with Crippen LogP contribution in [0.1, 0.15) is 27.2 Å². The second-order valence-electron chi connectivity index (χ2n) is 3.84. The van der Waals surface area contributed by atoms with E-state index in [2.05, 4.69) is 9.97 Å². The molecule has 2 aromatic rings. The third kappa shape index (κ3) is 3.23. The Labute approximate surface area is 107 Å². The molecule has 17 heavy (non-hydrogen) atoms. The van der Waals surface area contributed by atoms with Gasteiger partial charge in [-0.3, -0.25) is 4.21 Å². The number of oxazole rings is 1. The predicted octanol–water partition coefficient (Wildman–Crippen LogP) is 2.51. The Bertz CT molecular complexity index is 526. The van der Waals surface area contributed by atoms with E-state index < -0.39 is 10.8 Å². The first-order valence-electron chi connectivity index (χ1n) is 5.24. The Morgan fingerprint density at radius 2 is 2.12 bits per heavy atom. The average molecular weight is 270 g/mol. The number of aryl methyl sites for hydroxylation is 3. The molecule has 1 atom stereocenters. The minimum absolute atomic E-state index is 0.354. The lowest BCUT2D eigenvalue weighted by Crippen LogP contribution is -1.99. The molecule has 0 aliphatic heterocycles. The highest BCUT2D eigenvalue weighted by Gasteiger charge is 2.11. The summed E-state index contributed by atoms with van der Waals surface area (Å²) in [5.41, 5.74) is 0.863. The third-order valence-corrected chi connectivity index (χ3v) is 4.57. The number of thiazole rings is 1. The maximum absolute atomic E-state index is 11.9. The van der Waals surface area contributed by atoms with Crippen LogP contribution < -0.4 is 0 Å². The Kier molecular flexibility index (Phi) is 3.73. The molecule has 0 aliphatic rings. The molecule has 2 rings (SSSR count). The minimum Gasteiger partial charge on any atom is -0.445 e. The van der Waals surface area contributed by atoms with Crippen molar-refractivity contribution in [1.82, 2.24) is 9.97 Å². The van der Waals surface area contributed by atoms with Crippen LogP contribution in [0, 0.1) is 20.8 Å². The highest BCUT2D eigenvalue weighted by atomic mass is 32.2. The van der Waals surface area contributed by atoms with E-state index in [1.807, 2.05) is 20.8 Å². The molecule has 0 spiro atoms. The van der Waals surface area contributed by atoms with Crippen LogP contribution in [0.3, 0.4) is 0 Å². The van der Waals surface area contributed by atoms with Crippen molar-refractivity contribution in [3.63, 3.8) is 0 Å². The summed E-state index contributed by atoms with van der Waals surface area (Å²) in [4.78, 5) is 9.55. The summed E-state index contributed by atoms with van der Waals surface area (Å²) in [6.07, 6.45) is 1.80. The zero-order valence-electron chi connectivity index (χ0n) is 10.0. The summed E-state index contributed by atoms with van der Waals surface area (Å²) in [6, 6.07) is 0. The van der Waals surface area contributed by atoms with E-state index in [-0.39, 0.29) is 0 Å². The van der Waals surface area contributed by atoms with E-state index >= 15 is 0 Å². The minimum atomic E-state index is -1.01. The molecule has 2 heterocycles. The molecule has 0 saturated carbocycles. The fraction of sp³-hybridized carbons (Fsp3) is 0.455. The Hall–Kier alpha value is -1.01.